The summed E-state index contributed by atoms with van der Waals surface area (Å²) in [4.78, 5) is 11.2. The van der Waals surface area contributed by atoms with Crippen molar-refractivity contribution in [1.82, 2.24) is 10.6 Å². The first-order valence-corrected chi connectivity index (χ1v) is 12.2. The fourth-order valence-corrected chi connectivity index (χ4v) is 5.43. The lowest BCUT2D eigenvalue weighted by molar-refractivity contribution is -0.139. The normalized spacial score (nSPS) is 25.2. The summed E-state index contributed by atoms with van der Waals surface area (Å²) in [5.74, 6) is -0.0190. The van der Waals surface area contributed by atoms with E-state index >= 15 is 0 Å². The summed E-state index contributed by atoms with van der Waals surface area (Å²) in [5.41, 5.74) is 3.70. The molecule has 0 spiro atoms. The van der Waals surface area contributed by atoms with Crippen molar-refractivity contribution in [1.29, 1.82) is 0 Å². The molecule has 0 amide bonds. The molecule has 4 rings (SSSR count). The lowest BCUT2D eigenvalue weighted by Crippen LogP contribution is -2.30. The Hall–Kier alpha value is -2.15. The monoisotopic (exact) mass is 474 g/mol. The third-order valence-electron chi connectivity index (χ3n) is 6.97. The molecule has 7 heteroatoms. The van der Waals surface area contributed by atoms with Crippen molar-refractivity contribution in [2.45, 2.75) is 63.1 Å². The van der Waals surface area contributed by atoms with Gasteiger partial charge in [-0.2, -0.15) is 0 Å². The number of carbonyl (C=O) groups is 1. The summed E-state index contributed by atoms with van der Waals surface area (Å²) in [5, 5.41) is 15.3. The molecule has 1 saturated carbocycles. The number of halogens is 2. The zero-order valence-corrected chi connectivity index (χ0v) is 19.7. The van der Waals surface area contributed by atoms with Gasteiger partial charge < -0.3 is 20.5 Å². The maximum atomic E-state index is 14.5. The van der Waals surface area contributed by atoms with Crippen molar-refractivity contribution >= 4 is 17.6 Å². The topological polar surface area (TPSA) is 70.6 Å². The SMILES string of the molecule is CNCc1ccccc1C1CCC(Cc2cc(F)c(Cl)c(O[C@@H]3CN[C@H](C(=O)O)C3)c2)CC1. The minimum atomic E-state index is -0.906. The molecule has 1 aliphatic carbocycles. The van der Waals surface area contributed by atoms with Crippen molar-refractivity contribution in [3.8, 4) is 5.75 Å². The molecule has 0 bridgehead atoms. The number of carboxylic acids is 1. The molecule has 5 nitrogen and oxygen atoms in total. The highest BCUT2D eigenvalue weighted by Crippen LogP contribution is 2.39. The van der Waals surface area contributed by atoms with E-state index in [4.69, 9.17) is 21.4 Å². The third-order valence-corrected chi connectivity index (χ3v) is 7.34. The summed E-state index contributed by atoms with van der Waals surface area (Å²) in [6.07, 6.45) is 5.25. The van der Waals surface area contributed by atoms with Gasteiger partial charge in [0.15, 0.2) is 0 Å². The molecule has 0 radical (unpaired) electrons. The molecule has 1 aliphatic heterocycles. The second-order valence-electron chi connectivity index (χ2n) is 9.32. The number of nitrogens with one attached hydrogen (secondary N) is 2. The smallest absolute Gasteiger partial charge is 0.320 e. The molecule has 2 fully saturated rings. The van der Waals surface area contributed by atoms with Crippen molar-refractivity contribution in [3.63, 3.8) is 0 Å². The van der Waals surface area contributed by atoms with Gasteiger partial charge in [0.1, 0.15) is 28.7 Å². The van der Waals surface area contributed by atoms with Gasteiger partial charge in [-0.15, -0.1) is 0 Å². The number of benzene rings is 2. The molecule has 1 heterocycles. The standard InChI is InChI=1S/C26H32ClFN2O3/c1-29-14-19-4-2-3-5-21(19)18-8-6-16(7-9-18)10-17-11-22(28)25(27)24(12-17)33-20-13-23(26(31)32)30-15-20/h2-5,11-12,16,18,20,23,29-30H,6-10,13-15H2,1H3,(H,31,32)/t16?,18?,20-,23-/m0/s1. The fraction of sp³-hybridized carbons (Fsp3) is 0.500. The predicted molar refractivity (Wildman–Crippen MR) is 127 cm³/mol. The molecular formula is C26H32ClFN2O3. The van der Waals surface area contributed by atoms with Crippen molar-refractivity contribution in [2.75, 3.05) is 13.6 Å². The van der Waals surface area contributed by atoms with Crippen LogP contribution in [0.1, 0.15) is 54.7 Å². The van der Waals surface area contributed by atoms with E-state index in [0.717, 1.165) is 44.2 Å². The van der Waals surface area contributed by atoms with E-state index in [1.54, 1.807) is 0 Å². The number of ether oxygens (including phenoxy) is 1. The molecule has 33 heavy (non-hydrogen) atoms. The van der Waals surface area contributed by atoms with Crippen LogP contribution in [0.4, 0.5) is 4.39 Å². The Balaban J connectivity index is 1.38. The number of aliphatic carboxylic acids is 1. The van der Waals surface area contributed by atoms with Crippen LogP contribution in [-0.4, -0.2) is 36.8 Å². The minimum Gasteiger partial charge on any atom is -0.487 e. The summed E-state index contributed by atoms with van der Waals surface area (Å²) in [6, 6.07) is 11.4. The van der Waals surface area contributed by atoms with Gasteiger partial charge in [-0.1, -0.05) is 35.9 Å². The molecular weight excluding hydrogens is 443 g/mol. The van der Waals surface area contributed by atoms with Crippen LogP contribution in [0.5, 0.6) is 5.75 Å². The Morgan fingerprint density at radius 3 is 2.70 bits per heavy atom. The molecule has 2 atom stereocenters. The van der Waals surface area contributed by atoms with Crippen molar-refractivity contribution in [2.24, 2.45) is 5.92 Å². The van der Waals surface area contributed by atoms with Crippen LogP contribution in [0, 0.1) is 11.7 Å². The maximum absolute atomic E-state index is 14.5. The summed E-state index contributed by atoms with van der Waals surface area (Å²) < 4.78 is 20.5. The molecule has 2 aromatic carbocycles. The van der Waals surface area contributed by atoms with E-state index in [1.807, 2.05) is 13.1 Å². The largest absolute Gasteiger partial charge is 0.487 e. The van der Waals surface area contributed by atoms with Crippen molar-refractivity contribution < 1.29 is 19.0 Å². The van der Waals surface area contributed by atoms with Gasteiger partial charge >= 0.3 is 5.97 Å². The Morgan fingerprint density at radius 1 is 1.24 bits per heavy atom. The van der Waals surface area contributed by atoms with Crippen LogP contribution >= 0.6 is 11.6 Å². The van der Waals surface area contributed by atoms with Crippen LogP contribution in [-0.2, 0) is 17.8 Å². The van der Waals surface area contributed by atoms with E-state index < -0.39 is 17.8 Å². The van der Waals surface area contributed by atoms with E-state index in [0.29, 0.717) is 30.6 Å². The zero-order chi connectivity index (χ0) is 23.4. The minimum absolute atomic E-state index is 0.0395. The summed E-state index contributed by atoms with van der Waals surface area (Å²) in [6.45, 7) is 1.28. The molecule has 0 unspecified atom stereocenters. The summed E-state index contributed by atoms with van der Waals surface area (Å²) in [7, 11) is 1.98. The predicted octanol–water partition coefficient (Wildman–Crippen LogP) is 4.91. The van der Waals surface area contributed by atoms with E-state index in [9.17, 15) is 9.18 Å². The highest BCUT2D eigenvalue weighted by molar-refractivity contribution is 6.32. The Morgan fingerprint density at radius 2 is 2.00 bits per heavy atom. The maximum Gasteiger partial charge on any atom is 0.320 e. The van der Waals surface area contributed by atoms with E-state index in [-0.39, 0.29) is 11.1 Å². The van der Waals surface area contributed by atoms with Gasteiger partial charge in [0.25, 0.3) is 0 Å². The van der Waals surface area contributed by atoms with Gasteiger partial charge in [0, 0.05) is 19.5 Å². The van der Waals surface area contributed by atoms with Crippen LogP contribution in [0.25, 0.3) is 0 Å². The lowest BCUT2D eigenvalue weighted by atomic mass is 9.75. The quantitative estimate of drug-likeness (QED) is 0.507. The van der Waals surface area contributed by atoms with Crippen LogP contribution in [0.15, 0.2) is 36.4 Å². The van der Waals surface area contributed by atoms with Crippen LogP contribution in [0.2, 0.25) is 5.02 Å². The first-order valence-electron chi connectivity index (χ1n) is 11.8. The highest BCUT2D eigenvalue weighted by Gasteiger charge is 2.31. The Kier molecular flexibility index (Phi) is 7.89. The van der Waals surface area contributed by atoms with Gasteiger partial charge in [-0.3, -0.25) is 4.79 Å². The lowest BCUT2D eigenvalue weighted by Gasteiger charge is -2.30. The molecule has 3 N–H and O–H groups in total. The van der Waals surface area contributed by atoms with Gasteiger partial charge in [-0.25, -0.2) is 4.39 Å². The van der Waals surface area contributed by atoms with Crippen molar-refractivity contribution in [3.05, 3.63) is 63.9 Å². The van der Waals surface area contributed by atoms with Gasteiger partial charge in [0.05, 0.1) is 0 Å². The summed E-state index contributed by atoms with van der Waals surface area (Å²) >= 11 is 6.17. The molecule has 2 aliphatic rings. The van der Waals surface area contributed by atoms with Crippen LogP contribution in [0.3, 0.4) is 0 Å². The number of hydrogen-bond acceptors (Lipinski definition) is 4. The van der Waals surface area contributed by atoms with Gasteiger partial charge in [-0.05, 0) is 79.8 Å². The Labute approximate surface area is 199 Å². The van der Waals surface area contributed by atoms with Crippen LogP contribution < -0.4 is 15.4 Å². The molecule has 1 saturated heterocycles. The highest BCUT2D eigenvalue weighted by atomic mass is 35.5. The molecule has 2 aromatic rings. The fourth-order valence-electron chi connectivity index (χ4n) is 5.28. The first kappa shape index (κ1) is 24.0. The first-order chi connectivity index (χ1) is 15.9. The second kappa shape index (κ2) is 10.9. The van der Waals surface area contributed by atoms with Gasteiger partial charge in [0.2, 0.25) is 0 Å². The van der Waals surface area contributed by atoms with E-state index in [1.165, 1.54) is 17.2 Å². The average molecular weight is 475 g/mol. The third kappa shape index (κ3) is 5.86. The zero-order valence-electron chi connectivity index (χ0n) is 18.9. The average Bonchev–Trinajstić information content (AvgIpc) is 3.27. The Bertz CT molecular complexity index is 978. The number of rotatable bonds is 8. The molecule has 0 aromatic heterocycles. The molecule has 178 valence electrons. The number of carboxylic acid groups (broad SMARTS) is 1. The second-order valence-corrected chi connectivity index (χ2v) is 9.69. The number of hydrogen-bond donors (Lipinski definition) is 3. The van der Waals surface area contributed by atoms with E-state index in [2.05, 4.69) is 34.9 Å².